The van der Waals surface area contributed by atoms with Crippen LogP contribution in [0.25, 0.3) is 0 Å². The second-order valence-electron chi connectivity index (χ2n) is 2.81. The van der Waals surface area contributed by atoms with Gasteiger partial charge in [0.25, 0.3) is 0 Å². The quantitative estimate of drug-likeness (QED) is 0.619. The molecule has 0 aromatic heterocycles. The van der Waals surface area contributed by atoms with Crippen LogP contribution in [0.4, 0.5) is 0 Å². The Morgan fingerprint density at radius 1 is 1.45 bits per heavy atom. The zero-order valence-corrected chi connectivity index (χ0v) is 6.92. The molecule has 0 aromatic carbocycles. The summed E-state index contributed by atoms with van der Waals surface area (Å²) in [5, 5.41) is 0. The third-order valence-corrected chi connectivity index (χ3v) is 1.79. The van der Waals surface area contributed by atoms with E-state index in [9.17, 15) is 0 Å². The molecule has 1 aliphatic heterocycles. The van der Waals surface area contributed by atoms with E-state index in [-0.39, 0.29) is 6.29 Å². The van der Waals surface area contributed by atoms with Gasteiger partial charge >= 0.3 is 0 Å². The summed E-state index contributed by atoms with van der Waals surface area (Å²) in [5.74, 6) is 0. The Kier molecular flexibility index (Phi) is 4.50. The number of rotatable bonds is 4. The van der Waals surface area contributed by atoms with Crippen LogP contribution >= 0.6 is 0 Å². The Morgan fingerprint density at radius 3 is 3.00 bits per heavy atom. The Bertz CT molecular complexity index is 92.1. The number of hydrogen-bond acceptors (Lipinski definition) is 3. The van der Waals surface area contributed by atoms with E-state index in [4.69, 9.17) is 15.2 Å². The minimum atomic E-state index is 0.0512. The second kappa shape index (κ2) is 5.52. The summed E-state index contributed by atoms with van der Waals surface area (Å²) in [4.78, 5) is 0. The van der Waals surface area contributed by atoms with Crippen molar-refractivity contribution in [1.82, 2.24) is 0 Å². The number of ether oxygens (including phenoxy) is 2. The summed E-state index contributed by atoms with van der Waals surface area (Å²) >= 11 is 0. The summed E-state index contributed by atoms with van der Waals surface area (Å²) < 4.78 is 10.8. The number of nitrogens with two attached hydrogens (primary N) is 1. The molecule has 1 heterocycles. The maximum atomic E-state index is 5.42. The molecule has 0 saturated carbocycles. The van der Waals surface area contributed by atoms with Crippen molar-refractivity contribution in [2.75, 3.05) is 19.8 Å². The standard InChI is InChI=1S/C8H17NO2/c9-5-3-7-11-8-4-1-2-6-10-8/h8H,1-7,9H2/t8-/m1/s1. The maximum Gasteiger partial charge on any atom is 0.157 e. The van der Waals surface area contributed by atoms with E-state index >= 15 is 0 Å². The first-order valence-electron chi connectivity index (χ1n) is 4.37. The fourth-order valence-electron chi connectivity index (χ4n) is 1.14. The molecule has 0 aromatic rings. The average Bonchev–Trinajstić information content (AvgIpc) is 2.07. The smallest absolute Gasteiger partial charge is 0.157 e. The van der Waals surface area contributed by atoms with Gasteiger partial charge in [0.1, 0.15) is 0 Å². The predicted molar refractivity (Wildman–Crippen MR) is 43.2 cm³/mol. The third kappa shape index (κ3) is 3.70. The summed E-state index contributed by atoms with van der Waals surface area (Å²) in [6.45, 7) is 2.29. The zero-order chi connectivity index (χ0) is 7.94. The van der Waals surface area contributed by atoms with E-state index in [2.05, 4.69) is 0 Å². The van der Waals surface area contributed by atoms with E-state index in [1.807, 2.05) is 0 Å². The molecule has 0 radical (unpaired) electrons. The van der Waals surface area contributed by atoms with E-state index < -0.39 is 0 Å². The summed E-state index contributed by atoms with van der Waals surface area (Å²) in [6.07, 6.45) is 4.43. The van der Waals surface area contributed by atoms with Gasteiger partial charge < -0.3 is 15.2 Å². The minimum Gasteiger partial charge on any atom is -0.353 e. The Balaban J connectivity index is 1.96. The molecule has 3 nitrogen and oxygen atoms in total. The van der Waals surface area contributed by atoms with Crippen molar-refractivity contribution in [2.24, 2.45) is 5.73 Å². The molecule has 0 unspecified atom stereocenters. The highest BCUT2D eigenvalue weighted by molar-refractivity contribution is 4.53. The first-order valence-corrected chi connectivity index (χ1v) is 4.37. The van der Waals surface area contributed by atoms with Gasteiger partial charge in [-0.05, 0) is 32.2 Å². The first-order chi connectivity index (χ1) is 5.43. The molecule has 2 N–H and O–H groups in total. The fraction of sp³-hybridized carbons (Fsp3) is 1.00. The van der Waals surface area contributed by atoms with Gasteiger partial charge in [0.2, 0.25) is 0 Å². The van der Waals surface area contributed by atoms with E-state index in [1.54, 1.807) is 0 Å². The molecule has 3 heteroatoms. The Hall–Kier alpha value is -0.120. The first kappa shape index (κ1) is 8.97. The normalized spacial score (nSPS) is 25.4. The Labute approximate surface area is 67.9 Å². The lowest BCUT2D eigenvalue weighted by atomic mass is 10.2. The van der Waals surface area contributed by atoms with E-state index in [0.717, 1.165) is 26.1 Å². The molecule has 1 saturated heterocycles. The molecule has 1 atom stereocenters. The predicted octanol–water partition coefficient (Wildman–Crippen LogP) is 0.878. The fourth-order valence-corrected chi connectivity index (χ4v) is 1.14. The Morgan fingerprint density at radius 2 is 2.36 bits per heavy atom. The summed E-state index contributed by atoms with van der Waals surface area (Å²) in [6, 6.07) is 0. The summed E-state index contributed by atoms with van der Waals surface area (Å²) in [5.41, 5.74) is 5.32. The lowest BCUT2D eigenvalue weighted by Gasteiger charge is -2.22. The maximum absolute atomic E-state index is 5.42. The van der Waals surface area contributed by atoms with Crippen molar-refractivity contribution in [1.29, 1.82) is 0 Å². The largest absolute Gasteiger partial charge is 0.353 e. The third-order valence-electron chi connectivity index (χ3n) is 1.79. The van der Waals surface area contributed by atoms with Crippen LogP contribution < -0.4 is 5.73 Å². The molecule has 0 bridgehead atoms. The number of hydrogen-bond donors (Lipinski definition) is 1. The lowest BCUT2D eigenvalue weighted by molar-refractivity contribution is -0.162. The van der Waals surface area contributed by atoms with Crippen molar-refractivity contribution < 1.29 is 9.47 Å². The molecule has 0 amide bonds. The molecule has 66 valence electrons. The van der Waals surface area contributed by atoms with Crippen LogP contribution in [0.3, 0.4) is 0 Å². The van der Waals surface area contributed by atoms with Crippen LogP contribution in [0, 0.1) is 0 Å². The highest BCUT2D eigenvalue weighted by atomic mass is 16.7. The van der Waals surface area contributed by atoms with Crippen LogP contribution in [0.2, 0.25) is 0 Å². The molecule has 1 aliphatic rings. The summed E-state index contributed by atoms with van der Waals surface area (Å²) in [7, 11) is 0. The van der Waals surface area contributed by atoms with Gasteiger partial charge in [0.15, 0.2) is 6.29 Å². The van der Waals surface area contributed by atoms with Gasteiger partial charge in [-0.2, -0.15) is 0 Å². The van der Waals surface area contributed by atoms with Crippen LogP contribution in [-0.2, 0) is 9.47 Å². The molecule has 0 aliphatic carbocycles. The monoisotopic (exact) mass is 159 g/mol. The van der Waals surface area contributed by atoms with Gasteiger partial charge in [-0.1, -0.05) is 0 Å². The van der Waals surface area contributed by atoms with E-state index in [1.165, 1.54) is 12.8 Å². The molecular formula is C8H17NO2. The van der Waals surface area contributed by atoms with Gasteiger partial charge in [-0.3, -0.25) is 0 Å². The van der Waals surface area contributed by atoms with Crippen LogP contribution in [0.15, 0.2) is 0 Å². The topological polar surface area (TPSA) is 44.5 Å². The molecule has 0 spiro atoms. The van der Waals surface area contributed by atoms with Crippen LogP contribution in [-0.4, -0.2) is 26.0 Å². The minimum absolute atomic E-state index is 0.0512. The van der Waals surface area contributed by atoms with Gasteiger partial charge in [-0.15, -0.1) is 0 Å². The van der Waals surface area contributed by atoms with E-state index in [0.29, 0.717) is 6.54 Å². The van der Waals surface area contributed by atoms with Crippen LogP contribution in [0.1, 0.15) is 25.7 Å². The van der Waals surface area contributed by atoms with Crippen molar-refractivity contribution in [2.45, 2.75) is 32.0 Å². The van der Waals surface area contributed by atoms with Crippen molar-refractivity contribution in [3.05, 3.63) is 0 Å². The van der Waals surface area contributed by atoms with Crippen molar-refractivity contribution in [3.8, 4) is 0 Å². The second-order valence-corrected chi connectivity index (χ2v) is 2.81. The highest BCUT2D eigenvalue weighted by Gasteiger charge is 2.12. The lowest BCUT2D eigenvalue weighted by Crippen LogP contribution is -2.23. The van der Waals surface area contributed by atoms with Crippen molar-refractivity contribution >= 4 is 0 Å². The molecule has 11 heavy (non-hydrogen) atoms. The van der Waals surface area contributed by atoms with Gasteiger partial charge in [0, 0.05) is 6.61 Å². The van der Waals surface area contributed by atoms with Gasteiger partial charge in [-0.25, -0.2) is 0 Å². The highest BCUT2D eigenvalue weighted by Crippen LogP contribution is 2.13. The average molecular weight is 159 g/mol. The van der Waals surface area contributed by atoms with Crippen molar-refractivity contribution in [3.63, 3.8) is 0 Å². The zero-order valence-electron chi connectivity index (χ0n) is 6.92. The molecule has 1 fully saturated rings. The molecule has 1 rings (SSSR count). The van der Waals surface area contributed by atoms with Crippen LogP contribution in [0.5, 0.6) is 0 Å². The van der Waals surface area contributed by atoms with Gasteiger partial charge in [0.05, 0.1) is 6.61 Å². The molecular weight excluding hydrogens is 142 g/mol. The SMILES string of the molecule is NCCCO[C@@H]1CCCCO1.